The zero-order valence-corrected chi connectivity index (χ0v) is 18.3. The maximum Gasteiger partial charge on any atom is 0.315 e. The van der Waals surface area contributed by atoms with Crippen LogP contribution in [0, 0.1) is 0 Å². The maximum atomic E-state index is 13.2. The number of fused-ring (bicyclic) bond motifs is 1. The van der Waals surface area contributed by atoms with Gasteiger partial charge in [-0.1, -0.05) is 24.3 Å². The standard InChI is InChI=1S/C25H31N5O2/c31-22(9-3-4-13-28-25(32)29-17-18-6-5-12-27-16-18)23-20-7-1-2-8-21(20)30-24(23)19-10-14-26-15-11-19/h1-2,5-8,12,16,19,26,30H,3-4,9-11,13-15,17H2,(H2,28,29,32). The van der Waals surface area contributed by atoms with Crippen LogP contribution in [-0.4, -0.2) is 41.4 Å². The minimum absolute atomic E-state index is 0.192. The SMILES string of the molecule is O=C(NCCCCC(=O)c1c(C2CCNCC2)[nH]c2ccccc12)NCc1cccnc1. The number of para-hydroxylation sites is 1. The lowest BCUT2D eigenvalue weighted by Crippen LogP contribution is -2.35. The van der Waals surface area contributed by atoms with Crippen LogP contribution in [-0.2, 0) is 6.54 Å². The van der Waals surface area contributed by atoms with Gasteiger partial charge in [0.1, 0.15) is 0 Å². The molecule has 3 aromatic rings. The second kappa shape index (κ2) is 10.9. The molecular weight excluding hydrogens is 402 g/mol. The highest BCUT2D eigenvalue weighted by atomic mass is 16.2. The highest BCUT2D eigenvalue weighted by molar-refractivity contribution is 6.09. The van der Waals surface area contributed by atoms with E-state index >= 15 is 0 Å². The van der Waals surface area contributed by atoms with Gasteiger partial charge in [0, 0.05) is 60.0 Å². The third kappa shape index (κ3) is 5.53. The van der Waals surface area contributed by atoms with Gasteiger partial charge in [-0.15, -0.1) is 0 Å². The van der Waals surface area contributed by atoms with Gasteiger partial charge in [-0.3, -0.25) is 9.78 Å². The summed E-state index contributed by atoms with van der Waals surface area (Å²) in [5, 5.41) is 10.1. The van der Waals surface area contributed by atoms with E-state index in [0.717, 1.165) is 66.5 Å². The Morgan fingerprint density at radius 2 is 1.88 bits per heavy atom. The summed E-state index contributed by atoms with van der Waals surface area (Å²) in [7, 11) is 0. The Hall–Kier alpha value is -3.19. The molecule has 0 unspecified atom stereocenters. The molecule has 32 heavy (non-hydrogen) atoms. The quantitative estimate of drug-likeness (QED) is 0.304. The molecule has 1 fully saturated rings. The number of unbranched alkanes of at least 4 members (excludes halogenated alkanes) is 1. The van der Waals surface area contributed by atoms with Gasteiger partial charge in [0.25, 0.3) is 0 Å². The number of aromatic amines is 1. The van der Waals surface area contributed by atoms with Gasteiger partial charge in [0.15, 0.2) is 5.78 Å². The Labute approximate surface area is 188 Å². The summed E-state index contributed by atoms with van der Waals surface area (Å²) in [5.41, 5.74) is 3.97. The first-order valence-electron chi connectivity index (χ1n) is 11.5. The zero-order chi connectivity index (χ0) is 22.2. The second-order valence-electron chi connectivity index (χ2n) is 8.33. The van der Waals surface area contributed by atoms with Crippen LogP contribution in [0.1, 0.15) is 59.6 Å². The number of piperidine rings is 1. The number of H-pyrrole nitrogens is 1. The number of nitrogens with one attached hydrogen (secondary N) is 4. The van der Waals surface area contributed by atoms with Gasteiger partial charge in [-0.05, 0) is 56.5 Å². The van der Waals surface area contributed by atoms with Gasteiger partial charge in [0.2, 0.25) is 0 Å². The lowest BCUT2D eigenvalue weighted by atomic mass is 9.89. The Morgan fingerprint density at radius 1 is 1.03 bits per heavy atom. The van der Waals surface area contributed by atoms with E-state index in [1.807, 2.05) is 36.4 Å². The zero-order valence-electron chi connectivity index (χ0n) is 18.3. The van der Waals surface area contributed by atoms with Crippen LogP contribution in [0.3, 0.4) is 0 Å². The number of Topliss-reactive ketones (excluding diaryl/α,β-unsaturated/α-hetero) is 1. The Morgan fingerprint density at radius 3 is 2.69 bits per heavy atom. The minimum atomic E-state index is -0.204. The van der Waals surface area contributed by atoms with E-state index in [-0.39, 0.29) is 11.8 Å². The monoisotopic (exact) mass is 433 g/mol. The second-order valence-corrected chi connectivity index (χ2v) is 8.33. The van der Waals surface area contributed by atoms with E-state index in [0.29, 0.717) is 25.4 Å². The lowest BCUT2D eigenvalue weighted by Gasteiger charge is -2.23. The summed E-state index contributed by atoms with van der Waals surface area (Å²) >= 11 is 0. The molecule has 7 heteroatoms. The number of carbonyl (C=O) groups is 2. The van der Waals surface area contributed by atoms with E-state index in [1.54, 1.807) is 12.4 Å². The molecule has 0 bridgehead atoms. The number of ketones is 1. The lowest BCUT2D eigenvalue weighted by molar-refractivity contribution is 0.0979. The molecule has 4 rings (SSSR count). The summed E-state index contributed by atoms with van der Waals surface area (Å²) in [6.07, 6.45) is 7.52. The Bertz CT molecular complexity index is 1040. The van der Waals surface area contributed by atoms with Crippen molar-refractivity contribution < 1.29 is 9.59 Å². The van der Waals surface area contributed by atoms with Crippen molar-refractivity contribution in [2.75, 3.05) is 19.6 Å². The summed E-state index contributed by atoms with van der Waals surface area (Å²) in [6.45, 7) is 2.96. The fourth-order valence-corrected chi connectivity index (χ4v) is 4.36. The fraction of sp³-hybridized carbons (Fsp3) is 0.400. The number of amides is 2. The molecule has 2 aromatic heterocycles. The predicted molar refractivity (Wildman–Crippen MR) is 126 cm³/mol. The molecule has 0 aliphatic carbocycles. The molecule has 7 nitrogen and oxygen atoms in total. The van der Waals surface area contributed by atoms with E-state index in [2.05, 4.69) is 25.9 Å². The van der Waals surface area contributed by atoms with Gasteiger partial charge in [0.05, 0.1) is 0 Å². The molecule has 1 aliphatic rings. The number of hydrogen-bond acceptors (Lipinski definition) is 4. The fourth-order valence-electron chi connectivity index (χ4n) is 4.36. The number of nitrogens with zero attached hydrogens (tertiary/aromatic N) is 1. The molecule has 0 saturated carbocycles. The van der Waals surface area contributed by atoms with Crippen molar-refractivity contribution in [2.45, 2.75) is 44.6 Å². The largest absolute Gasteiger partial charge is 0.358 e. The molecular formula is C25H31N5O2. The van der Waals surface area contributed by atoms with Gasteiger partial charge < -0.3 is 20.9 Å². The van der Waals surface area contributed by atoms with Crippen LogP contribution in [0.25, 0.3) is 10.9 Å². The third-order valence-electron chi connectivity index (χ3n) is 6.05. The van der Waals surface area contributed by atoms with Crippen molar-refractivity contribution in [2.24, 2.45) is 0 Å². The van der Waals surface area contributed by atoms with Crippen LogP contribution in [0.4, 0.5) is 4.79 Å². The number of aromatic nitrogens is 2. The summed E-state index contributed by atoms with van der Waals surface area (Å²) < 4.78 is 0. The van der Waals surface area contributed by atoms with Gasteiger partial charge >= 0.3 is 6.03 Å². The van der Waals surface area contributed by atoms with Crippen LogP contribution in [0.5, 0.6) is 0 Å². The van der Waals surface area contributed by atoms with Crippen molar-refractivity contribution in [3.63, 3.8) is 0 Å². The first kappa shape index (κ1) is 22.0. The average Bonchev–Trinajstić information content (AvgIpc) is 3.23. The van der Waals surface area contributed by atoms with E-state index in [4.69, 9.17) is 0 Å². The number of benzene rings is 1. The number of hydrogen-bond donors (Lipinski definition) is 4. The normalized spacial score (nSPS) is 14.4. The van der Waals surface area contributed by atoms with Crippen LogP contribution < -0.4 is 16.0 Å². The first-order valence-corrected chi connectivity index (χ1v) is 11.5. The van der Waals surface area contributed by atoms with Crippen molar-refractivity contribution in [1.82, 2.24) is 25.9 Å². The van der Waals surface area contributed by atoms with E-state index in [1.165, 1.54) is 0 Å². The predicted octanol–water partition coefficient (Wildman–Crippen LogP) is 3.88. The molecule has 168 valence electrons. The molecule has 0 atom stereocenters. The number of urea groups is 1. The van der Waals surface area contributed by atoms with Gasteiger partial charge in [-0.25, -0.2) is 4.79 Å². The highest BCUT2D eigenvalue weighted by Crippen LogP contribution is 2.33. The molecule has 0 spiro atoms. The van der Waals surface area contributed by atoms with E-state index < -0.39 is 0 Å². The Kier molecular flexibility index (Phi) is 7.51. The molecule has 1 aromatic carbocycles. The van der Waals surface area contributed by atoms with Crippen LogP contribution in [0.2, 0.25) is 0 Å². The topological polar surface area (TPSA) is 98.9 Å². The Balaban J connectivity index is 1.27. The van der Waals surface area contributed by atoms with Crippen LogP contribution >= 0.6 is 0 Å². The van der Waals surface area contributed by atoms with E-state index in [9.17, 15) is 9.59 Å². The first-order chi connectivity index (χ1) is 15.7. The van der Waals surface area contributed by atoms with Crippen molar-refractivity contribution in [3.8, 4) is 0 Å². The van der Waals surface area contributed by atoms with Crippen molar-refractivity contribution >= 4 is 22.7 Å². The minimum Gasteiger partial charge on any atom is -0.358 e. The average molecular weight is 434 g/mol. The van der Waals surface area contributed by atoms with Crippen molar-refractivity contribution in [1.29, 1.82) is 0 Å². The number of rotatable bonds is 9. The molecule has 0 radical (unpaired) electrons. The van der Waals surface area contributed by atoms with Crippen LogP contribution in [0.15, 0.2) is 48.8 Å². The molecule has 1 saturated heterocycles. The van der Waals surface area contributed by atoms with Gasteiger partial charge in [-0.2, -0.15) is 0 Å². The third-order valence-corrected chi connectivity index (χ3v) is 6.05. The molecule has 3 heterocycles. The smallest absolute Gasteiger partial charge is 0.315 e. The highest BCUT2D eigenvalue weighted by Gasteiger charge is 2.25. The molecule has 2 amide bonds. The summed E-state index contributed by atoms with van der Waals surface area (Å²) in [4.78, 5) is 32.7. The summed E-state index contributed by atoms with van der Waals surface area (Å²) in [6, 6.07) is 11.6. The molecule has 4 N–H and O–H groups in total. The van der Waals surface area contributed by atoms with Crippen molar-refractivity contribution in [3.05, 3.63) is 65.6 Å². The molecule has 1 aliphatic heterocycles. The number of carbonyl (C=O) groups excluding carboxylic acids is 2. The maximum absolute atomic E-state index is 13.2. The number of pyridine rings is 1. The summed E-state index contributed by atoms with van der Waals surface area (Å²) in [5.74, 6) is 0.588.